The largest absolute Gasteiger partial charge is 0.361 e. The molecule has 1 N–H and O–H groups in total. The van der Waals surface area contributed by atoms with Crippen molar-refractivity contribution in [3.05, 3.63) is 65.9 Å². The Balaban J connectivity index is 1.64. The van der Waals surface area contributed by atoms with Crippen LogP contribution < -0.4 is 0 Å². The quantitative estimate of drug-likeness (QED) is 0.735. The number of benzene rings is 2. The SMILES string of the molecule is C1=Nc2ccccc2C=N[C@@H]1Cc1c[nH]c2ccccc12. The Labute approximate surface area is 123 Å². The van der Waals surface area contributed by atoms with Crippen LogP contribution in [0.25, 0.3) is 10.9 Å². The van der Waals surface area contributed by atoms with E-state index < -0.39 is 0 Å². The number of hydrogen-bond acceptors (Lipinski definition) is 2. The van der Waals surface area contributed by atoms with Crippen LogP contribution in [0.15, 0.2) is 64.7 Å². The molecule has 1 atom stereocenters. The molecule has 0 amide bonds. The number of H-pyrrole nitrogens is 1. The second-order valence-electron chi connectivity index (χ2n) is 5.25. The summed E-state index contributed by atoms with van der Waals surface area (Å²) in [6, 6.07) is 16.5. The summed E-state index contributed by atoms with van der Waals surface area (Å²) in [6.45, 7) is 0. The van der Waals surface area contributed by atoms with E-state index in [1.165, 1.54) is 16.5 Å². The van der Waals surface area contributed by atoms with Gasteiger partial charge in [-0.15, -0.1) is 0 Å². The Bertz CT molecular complexity index is 809. The van der Waals surface area contributed by atoms with Gasteiger partial charge in [-0.3, -0.25) is 9.98 Å². The molecule has 0 saturated carbocycles. The maximum Gasteiger partial charge on any atom is 0.0891 e. The van der Waals surface area contributed by atoms with Gasteiger partial charge in [0.1, 0.15) is 0 Å². The smallest absolute Gasteiger partial charge is 0.0891 e. The molecule has 21 heavy (non-hydrogen) atoms. The van der Waals surface area contributed by atoms with Gasteiger partial charge in [-0.1, -0.05) is 36.4 Å². The maximum atomic E-state index is 4.66. The van der Waals surface area contributed by atoms with Crippen LogP contribution >= 0.6 is 0 Å². The first-order valence-corrected chi connectivity index (χ1v) is 7.11. The molecule has 0 aliphatic carbocycles. The fraction of sp³-hybridized carbons (Fsp3) is 0.111. The maximum absolute atomic E-state index is 4.66. The number of hydrogen-bond donors (Lipinski definition) is 1. The minimum absolute atomic E-state index is 0.0802. The van der Waals surface area contributed by atoms with E-state index in [0.717, 1.165) is 17.7 Å². The molecule has 3 heteroatoms. The molecular weight excluding hydrogens is 258 g/mol. The van der Waals surface area contributed by atoms with Gasteiger partial charge in [0.15, 0.2) is 0 Å². The molecule has 0 radical (unpaired) electrons. The summed E-state index contributed by atoms with van der Waals surface area (Å²) in [5.74, 6) is 0. The highest BCUT2D eigenvalue weighted by molar-refractivity contribution is 5.91. The lowest BCUT2D eigenvalue weighted by atomic mass is 10.1. The third-order valence-electron chi connectivity index (χ3n) is 3.83. The second kappa shape index (κ2) is 5.02. The van der Waals surface area contributed by atoms with E-state index in [9.17, 15) is 0 Å². The molecular formula is C18H15N3. The molecule has 0 bridgehead atoms. The fourth-order valence-electron chi connectivity index (χ4n) is 2.73. The number of aliphatic imine (C=N–C) groups is 2. The summed E-state index contributed by atoms with van der Waals surface area (Å²) >= 11 is 0. The first-order chi connectivity index (χ1) is 10.4. The zero-order valence-electron chi connectivity index (χ0n) is 11.5. The average Bonchev–Trinajstić information content (AvgIpc) is 2.82. The van der Waals surface area contributed by atoms with Crippen molar-refractivity contribution in [2.45, 2.75) is 12.5 Å². The van der Waals surface area contributed by atoms with Crippen LogP contribution in [0.2, 0.25) is 0 Å². The summed E-state index contributed by atoms with van der Waals surface area (Å²) in [5.41, 5.74) is 4.52. The molecule has 0 saturated heterocycles. The standard InChI is InChI=1S/C18H15N3/c1-3-7-17-13(5-1)10-19-15(12-21-17)9-14-11-20-18-8-4-2-6-16(14)18/h1-8,10-12,15,20H,9H2/t15-/m1/s1. The predicted octanol–water partition coefficient (Wildman–Crippen LogP) is 3.91. The van der Waals surface area contributed by atoms with Crippen molar-refractivity contribution < 1.29 is 0 Å². The van der Waals surface area contributed by atoms with Gasteiger partial charge in [-0.25, -0.2) is 0 Å². The zero-order valence-corrected chi connectivity index (χ0v) is 11.5. The number of fused-ring (bicyclic) bond motifs is 2. The minimum atomic E-state index is 0.0802. The van der Waals surface area contributed by atoms with Gasteiger partial charge in [0.2, 0.25) is 0 Å². The first kappa shape index (κ1) is 12.1. The summed E-state index contributed by atoms with van der Waals surface area (Å²) < 4.78 is 0. The van der Waals surface area contributed by atoms with Crippen LogP contribution in [0.5, 0.6) is 0 Å². The molecule has 102 valence electrons. The van der Waals surface area contributed by atoms with Gasteiger partial charge in [0, 0.05) is 41.5 Å². The molecule has 0 fully saturated rings. The summed E-state index contributed by atoms with van der Waals surface area (Å²) in [4.78, 5) is 12.5. The number of rotatable bonds is 2. The van der Waals surface area contributed by atoms with E-state index in [1.54, 1.807) is 0 Å². The molecule has 1 aliphatic rings. The van der Waals surface area contributed by atoms with Crippen LogP contribution in [0, 0.1) is 0 Å². The lowest BCUT2D eigenvalue weighted by Crippen LogP contribution is -2.09. The lowest BCUT2D eigenvalue weighted by molar-refractivity contribution is 0.877. The van der Waals surface area contributed by atoms with Crippen LogP contribution in [0.3, 0.4) is 0 Å². The van der Waals surface area contributed by atoms with Gasteiger partial charge >= 0.3 is 0 Å². The highest BCUT2D eigenvalue weighted by Gasteiger charge is 2.11. The normalized spacial score (nSPS) is 16.9. The highest BCUT2D eigenvalue weighted by atomic mass is 14.9. The highest BCUT2D eigenvalue weighted by Crippen LogP contribution is 2.22. The molecule has 0 spiro atoms. The molecule has 0 unspecified atom stereocenters. The second-order valence-corrected chi connectivity index (χ2v) is 5.25. The van der Waals surface area contributed by atoms with E-state index in [1.807, 2.05) is 42.8 Å². The van der Waals surface area contributed by atoms with E-state index in [-0.39, 0.29) is 6.04 Å². The predicted molar refractivity (Wildman–Crippen MR) is 88.0 cm³/mol. The Morgan fingerprint density at radius 2 is 1.86 bits per heavy atom. The van der Waals surface area contributed by atoms with Crippen molar-refractivity contribution in [1.82, 2.24) is 4.98 Å². The molecule has 3 aromatic rings. The topological polar surface area (TPSA) is 40.5 Å². The molecule has 1 aromatic heterocycles. The molecule has 4 rings (SSSR count). The van der Waals surface area contributed by atoms with Crippen LogP contribution in [0.1, 0.15) is 11.1 Å². The Morgan fingerprint density at radius 3 is 2.86 bits per heavy atom. The number of aromatic amines is 1. The lowest BCUT2D eigenvalue weighted by Gasteiger charge is -2.04. The van der Waals surface area contributed by atoms with E-state index in [0.29, 0.717) is 0 Å². The molecule has 2 aromatic carbocycles. The van der Waals surface area contributed by atoms with Gasteiger partial charge in [0.05, 0.1) is 11.7 Å². The van der Waals surface area contributed by atoms with Crippen molar-refractivity contribution in [3.63, 3.8) is 0 Å². The average molecular weight is 273 g/mol. The summed E-state index contributed by atoms with van der Waals surface area (Å²) in [6.07, 6.45) is 6.82. The van der Waals surface area contributed by atoms with Crippen LogP contribution in [0.4, 0.5) is 5.69 Å². The number of para-hydroxylation sites is 2. The van der Waals surface area contributed by atoms with Crippen molar-refractivity contribution in [2.24, 2.45) is 9.98 Å². The third-order valence-corrected chi connectivity index (χ3v) is 3.83. The Hall–Kier alpha value is -2.68. The molecule has 3 nitrogen and oxygen atoms in total. The summed E-state index contributed by atoms with van der Waals surface area (Å²) in [5, 5.41) is 1.27. The van der Waals surface area contributed by atoms with Gasteiger partial charge in [0.25, 0.3) is 0 Å². The first-order valence-electron chi connectivity index (χ1n) is 7.11. The van der Waals surface area contributed by atoms with Gasteiger partial charge in [-0.05, 0) is 17.7 Å². The summed E-state index contributed by atoms with van der Waals surface area (Å²) in [7, 11) is 0. The Morgan fingerprint density at radius 1 is 1.00 bits per heavy atom. The van der Waals surface area contributed by atoms with E-state index in [2.05, 4.69) is 39.4 Å². The van der Waals surface area contributed by atoms with Crippen LogP contribution in [-0.4, -0.2) is 23.5 Å². The Kier molecular flexibility index (Phi) is 2.89. The van der Waals surface area contributed by atoms with Crippen molar-refractivity contribution in [1.29, 1.82) is 0 Å². The number of nitrogens with one attached hydrogen (secondary N) is 1. The minimum Gasteiger partial charge on any atom is -0.361 e. The van der Waals surface area contributed by atoms with Crippen molar-refractivity contribution >= 4 is 29.0 Å². The molecule has 2 heterocycles. The van der Waals surface area contributed by atoms with Crippen molar-refractivity contribution in [2.75, 3.05) is 0 Å². The van der Waals surface area contributed by atoms with E-state index >= 15 is 0 Å². The monoisotopic (exact) mass is 273 g/mol. The van der Waals surface area contributed by atoms with Crippen LogP contribution in [-0.2, 0) is 6.42 Å². The van der Waals surface area contributed by atoms with Gasteiger partial charge in [-0.2, -0.15) is 0 Å². The zero-order chi connectivity index (χ0) is 14.1. The number of aromatic nitrogens is 1. The number of nitrogens with zero attached hydrogens (tertiary/aromatic N) is 2. The van der Waals surface area contributed by atoms with Crippen molar-refractivity contribution in [3.8, 4) is 0 Å². The van der Waals surface area contributed by atoms with E-state index in [4.69, 9.17) is 0 Å². The third kappa shape index (κ3) is 2.27. The molecule has 1 aliphatic heterocycles. The fourth-order valence-corrected chi connectivity index (χ4v) is 2.73. The van der Waals surface area contributed by atoms with Gasteiger partial charge < -0.3 is 4.98 Å².